The van der Waals surface area contributed by atoms with E-state index in [2.05, 4.69) is 27.1 Å². The Balaban J connectivity index is 1.21. The molecule has 1 aliphatic heterocycles. The fraction of sp³-hybridized carbons (Fsp3) is 0.207. The highest BCUT2D eigenvalue weighted by Gasteiger charge is 2.22. The molecule has 9 nitrogen and oxygen atoms in total. The van der Waals surface area contributed by atoms with E-state index in [4.69, 9.17) is 21.1 Å². The van der Waals surface area contributed by atoms with Gasteiger partial charge in [0.1, 0.15) is 34.8 Å². The summed E-state index contributed by atoms with van der Waals surface area (Å²) in [4.78, 5) is 11.9. The molecule has 6 rings (SSSR count). The summed E-state index contributed by atoms with van der Waals surface area (Å²) >= 11 is 0. The third-order valence-electron chi connectivity index (χ3n) is 6.73. The molecule has 0 bridgehead atoms. The predicted octanol–water partition coefficient (Wildman–Crippen LogP) is 4.09. The van der Waals surface area contributed by atoms with E-state index in [0.717, 1.165) is 54.2 Å². The summed E-state index contributed by atoms with van der Waals surface area (Å²) in [5, 5.41) is 18.3. The van der Waals surface area contributed by atoms with Gasteiger partial charge in [0.15, 0.2) is 0 Å². The molecule has 0 N–H and O–H groups in total. The molecule has 0 atom stereocenters. The zero-order valence-electron chi connectivity index (χ0n) is 20.8. The topological polar surface area (TPSA) is 97.2 Å². The lowest BCUT2D eigenvalue weighted by atomic mass is 10.1. The fourth-order valence-electron chi connectivity index (χ4n) is 4.73. The molecule has 1 fully saturated rings. The van der Waals surface area contributed by atoms with Gasteiger partial charge in [-0.25, -0.2) is 14.5 Å². The number of rotatable bonds is 5. The Morgan fingerprint density at radius 1 is 0.974 bits per heavy atom. The first-order chi connectivity index (χ1) is 18.6. The number of terminal acetylenes is 1. The van der Waals surface area contributed by atoms with Gasteiger partial charge in [-0.05, 0) is 36.4 Å². The fourth-order valence-corrected chi connectivity index (χ4v) is 4.73. The van der Waals surface area contributed by atoms with Crippen molar-refractivity contribution in [2.45, 2.75) is 18.9 Å². The van der Waals surface area contributed by atoms with E-state index in [0.29, 0.717) is 22.5 Å². The molecule has 1 aromatic carbocycles. The summed E-state index contributed by atoms with van der Waals surface area (Å²) in [5.74, 6) is 4.37. The monoisotopic (exact) mass is 500 g/mol. The maximum atomic E-state index is 9.65. The van der Waals surface area contributed by atoms with Crippen molar-refractivity contribution in [1.29, 1.82) is 5.26 Å². The van der Waals surface area contributed by atoms with E-state index in [1.165, 1.54) is 0 Å². The lowest BCUT2D eigenvalue weighted by Crippen LogP contribution is -2.38. The maximum absolute atomic E-state index is 9.65. The second-order valence-corrected chi connectivity index (χ2v) is 9.22. The Hall–Kier alpha value is -5.15. The minimum Gasteiger partial charge on any atom is -0.490 e. The molecule has 5 heterocycles. The minimum atomic E-state index is 0.154. The van der Waals surface area contributed by atoms with Gasteiger partial charge in [0.2, 0.25) is 0 Å². The molecule has 0 unspecified atom stereocenters. The van der Waals surface area contributed by atoms with Crippen LogP contribution in [0.2, 0.25) is 0 Å². The summed E-state index contributed by atoms with van der Waals surface area (Å²) in [6, 6.07) is 13.9. The molecule has 0 spiro atoms. The number of anilines is 1. The number of ether oxygens (including phenoxy) is 1. The summed E-state index contributed by atoms with van der Waals surface area (Å²) in [6.07, 6.45) is 16.2. The van der Waals surface area contributed by atoms with E-state index < -0.39 is 0 Å². The Morgan fingerprint density at radius 2 is 1.79 bits per heavy atom. The van der Waals surface area contributed by atoms with E-state index in [1.807, 2.05) is 62.0 Å². The number of piperidine rings is 1. The number of nitriles is 1. The van der Waals surface area contributed by atoms with Gasteiger partial charge in [-0.15, -0.1) is 6.42 Å². The third-order valence-corrected chi connectivity index (χ3v) is 6.73. The average molecular weight is 501 g/mol. The first-order valence-electron chi connectivity index (χ1n) is 12.3. The van der Waals surface area contributed by atoms with Crippen LogP contribution in [0.4, 0.5) is 5.82 Å². The molecule has 38 heavy (non-hydrogen) atoms. The average Bonchev–Trinajstić information content (AvgIpc) is 3.59. The molecule has 186 valence electrons. The van der Waals surface area contributed by atoms with Crippen molar-refractivity contribution < 1.29 is 4.74 Å². The molecule has 0 amide bonds. The van der Waals surface area contributed by atoms with E-state index >= 15 is 0 Å². The Morgan fingerprint density at radius 3 is 2.45 bits per heavy atom. The van der Waals surface area contributed by atoms with Gasteiger partial charge < -0.3 is 9.64 Å². The number of hydrogen-bond acceptors (Lipinski definition) is 7. The van der Waals surface area contributed by atoms with Gasteiger partial charge >= 0.3 is 0 Å². The van der Waals surface area contributed by atoms with Crippen molar-refractivity contribution in [3.05, 3.63) is 78.5 Å². The van der Waals surface area contributed by atoms with Crippen LogP contribution < -0.4 is 9.64 Å². The summed E-state index contributed by atoms with van der Waals surface area (Å²) in [5.41, 5.74) is 5.02. The Labute approximate surface area is 219 Å². The van der Waals surface area contributed by atoms with Crippen LogP contribution in [0.25, 0.3) is 28.0 Å². The molecule has 5 aromatic rings. The maximum Gasteiger partial charge on any atom is 0.128 e. The van der Waals surface area contributed by atoms with Crippen molar-refractivity contribution in [3.8, 4) is 46.7 Å². The van der Waals surface area contributed by atoms with Crippen LogP contribution in [0.3, 0.4) is 0 Å². The highest BCUT2D eigenvalue weighted by atomic mass is 16.5. The van der Waals surface area contributed by atoms with Crippen LogP contribution in [-0.2, 0) is 7.05 Å². The molecule has 1 saturated heterocycles. The SMILES string of the molecule is C#Cc1ccc(OC2CCN(c3ccc(-c4nc(-c5cnn(C)c5)cn5ncc(C#N)c45)cn3)CC2)cc1. The third kappa shape index (κ3) is 4.42. The standard InChI is InChI=1S/C29H24N8O/c1-3-20-4-7-24(8-5-20)38-25-10-12-36(13-11-25)27-9-6-21(15-31-27)28-29-22(14-30)16-33-37(29)19-26(34-28)23-17-32-35(2)18-23/h1,4-9,15-19,25H,10-13H2,2H3. The lowest BCUT2D eigenvalue weighted by molar-refractivity contribution is 0.170. The van der Waals surface area contributed by atoms with Crippen LogP contribution in [0.5, 0.6) is 5.75 Å². The van der Waals surface area contributed by atoms with Gasteiger partial charge in [-0.3, -0.25) is 4.68 Å². The first-order valence-corrected chi connectivity index (χ1v) is 12.3. The number of benzene rings is 1. The highest BCUT2D eigenvalue weighted by Crippen LogP contribution is 2.30. The van der Waals surface area contributed by atoms with Crippen LogP contribution >= 0.6 is 0 Å². The first kappa shape index (κ1) is 23.3. The van der Waals surface area contributed by atoms with Crippen LogP contribution in [0, 0.1) is 23.7 Å². The van der Waals surface area contributed by atoms with Gasteiger partial charge in [0, 0.05) is 62.1 Å². The number of nitrogens with zero attached hydrogens (tertiary/aromatic N) is 8. The molecule has 1 aliphatic rings. The summed E-state index contributed by atoms with van der Waals surface area (Å²) in [7, 11) is 1.86. The number of aryl methyl sites for hydroxylation is 1. The molecular weight excluding hydrogens is 476 g/mol. The Bertz CT molecular complexity index is 1680. The molecule has 0 saturated carbocycles. The molecular formula is C29H24N8O. The van der Waals surface area contributed by atoms with E-state index in [1.54, 1.807) is 21.6 Å². The van der Waals surface area contributed by atoms with E-state index in [9.17, 15) is 5.26 Å². The smallest absolute Gasteiger partial charge is 0.128 e. The Kier molecular flexibility index (Phi) is 5.95. The predicted molar refractivity (Wildman–Crippen MR) is 143 cm³/mol. The highest BCUT2D eigenvalue weighted by molar-refractivity contribution is 5.83. The molecule has 0 aliphatic carbocycles. The second-order valence-electron chi connectivity index (χ2n) is 9.22. The van der Waals surface area contributed by atoms with Crippen LogP contribution in [0.1, 0.15) is 24.0 Å². The van der Waals surface area contributed by atoms with Gasteiger partial charge in [0.25, 0.3) is 0 Å². The number of pyridine rings is 1. The lowest BCUT2D eigenvalue weighted by Gasteiger charge is -2.33. The second kappa shape index (κ2) is 9.72. The minimum absolute atomic E-state index is 0.154. The molecule has 0 radical (unpaired) electrons. The number of aromatic nitrogens is 6. The number of hydrogen-bond donors (Lipinski definition) is 0. The van der Waals surface area contributed by atoms with Crippen LogP contribution in [0.15, 0.2) is 67.4 Å². The van der Waals surface area contributed by atoms with Crippen molar-refractivity contribution in [2.75, 3.05) is 18.0 Å². The molecule has 9 heteroatoms. The van der Waals surface area contributed by atoms with Gasteiger partial charge in [0.05, 0.1) is 30.0 Å². The zero-order valence-corrected chi connectivity index (χ0v) is 20.8. The normalized spacial score (nSPS) is 13.8. The van der Waals surface area contributed by atoms with Crippen molar-refractivity contribution >= 4 is 11.3 Å². The number of fused-ring (bicyclic) bond motifs is 1. The summed E-state index contributed by atoms with van der Waals surface area (Å²) in [6.45, 7) is 1.69. The van der Waals surface area contributed by atoms with E-state index in [-0.39, 0.29) is 6.10 Å². The van der Waals surface area contributed by atoms with Crippen molar-refractivity contribution in [1.82, 2.24) is 29.4 Å². The summed E-state index contributed by atoms with van der Waals surface area (Å²) < 4.78 is 9.58. The van der Waals surface area contributed by atoms with Gasteiger partial charge in [-0.2, -0.15) is 15.5 Å². The van der Waals surface area contributed by atoms with Crippen molar-refractivity contribution in [3.63, 3.8) is 0 Å². The van der Waals surface area contributed by atoms with Gasteiger partial charge in [-0.1, -0.05) is 5.92 Å². The quantitative estimate of drug-likeness (QED) is 0.335. The largest absolute Gasteiger partial charge is 0.490 e. The zero-order chi connectivity index (χ0) is 26.1. The molecule has 4 aromatic heterocycles. The van der Waals surface area contributed by atoms with Crippen LogP contribution in [-0.4, -0.2) is 48.6 Å². The van der Waals surface area contributed by atoms with Crippen molar-refractivity contribution in [2.24, 2.45) is 7.05 Å².